The molecule has 1 aromatic carbocycles. The fraction of sp³-hybridized carbons (Fsp3) is 0.588. The van der Waals surface area contributed by atoms with E-state index in [1.165, 1.54) is 0 Å². The van der Waals surface area contributed by atoms with Crippen molar-refractivity contribution in [1.29, 1.82) is 0 Å². The Labute approximate surface area is 144 Å². The van der Waals surface area contributed by atoms with Crippen molar-refractivity contribution in [2.24, 2.45) is 11.1 Å². The number of hydrogen-bond donors (Lipinski definition) is 1. The van der Waals surface area contributed by atoms with Gasteiger partial charge in [0.25, 0.3) is 5.91 Å². The summed E-state index contributed by atoms with van der Waals surface area (Å²) < 4.78 is 11.1. The highest BCUT2D eigenvalue weighted by Gasteiger charge is 2.35. The highest BCUT2D eigenvalue weighted by atomic mass is 35.5. The third-order valence-corrected chi connectivity index (χ3v) is 4.13. The fourth-order valence-electron chi connectivity index (χ4n) is 2.73. The molecule has 1 unspecified atom stereocenters. The molecule has 130 valence electrons. The SMILES string of the molecule is CCOc1ccc(C(=O)N2CCC(C)(CN)C2)cc1OCC.Cl. The molecule has 1 heterocycles. The zero-order valence-corrected chi connectivity index (χ0v) is 14.9. The number of rotatable bonds is 6. The number of likely N-dealkylation sites (tertiary alicyclic amines) is 1. The van der Waals surface area contributed by atoms with Crippen LogP contribution in [0.25, 0.3) is 0 Å². The van der Waals surface area contributed by atoms with Crippen molar-refractivity contribution in [3.05, 3.63) is 23.8 Å². The van der Waals surface area contributed by atoms with Crippen LogP contribution in [-0.4, -0.2) is 43.7 Å². The smallest absolute Gasteiger partial charge is 0.254 e. The van der Waals surface area contributed by atoms with E-state index in [9.17, 15) is 4.79 Å². The largest absolute Gasteiger partial charge is 0.490 e. The first-order valence-electron chi connectivity index (χ1n) is 7.92. The van der Waals surface area contributed by atoms with Crippen LogP contribution in [0.1, 0.15) is 37.6 Å². The highest BCUT2D eigenvalue weighted by Crippen LogP contribution is 2.32. The molecule has 0 spiro atoms. The molecule has 1 aliphatic heterocycles. The quantitative estimate of drug-likeness (QED) is 0.863. The van der Waals surface area contributed by atoms with Crippen molar-refractivity contribution in [3.8, 4) is 11.5 Å². The maximum absolute atomic E-state index is 12.7. The molecule has 0 bridgehead atoms. The van der Waals surface area contributed by atoms with Crippen LogP contribution in [0.5, 0.6) is 11.5 Å². The van der Waals surface area contributed by atoms with Gasteiger partial charge in [0, 0.05) is 18.7 Å². The number of benzene rings is 1. The first-order chi connectivity index (χ1) is 10.5. The van der Waals surface area contributed by atoms with Crippen LogP contribution in [0.2, 0.25) is 0 Å². The molecule has 5 nitrogen and oxygen atoms in total. The fourth-order valence-corrected chi connectivity index (χ4v) is 2.73. The predicted molar refractivity (Wildman–Crippen MR) is 93.7 cm³/mol. The van der Waals surface area contributed by atoms with Gasteiger partial charge in [-0.1, -0.05) is 6.92 Å². The summed E-state index contributed by atoms with van der Waals surface area (Å²) in [6.07, 6.45) is 0.949. The lowest BCUT2D eigenvalue weighted by Crippen LogP contribution is -2.34. The second kappa shape index (κ2) is 8.41. The van der Waals surface area contributed by atoms with E-state index in [0.717, 1.165) is 13.0 Å². The summed E-state index contributed by atoms with van der Waals surface area (Å²) in [4.78, 5) is 14.5. The number of ether oxygens (including phenoxy) is 2. The molecule has 0 aromatic heterocycles. The van der Waals surface area contributed by atoms with Crippen molar-refractivity contribution < 1.29 is 14.3 Å². The Morgan fingerprint density at radius 1 is 1.26 bits per heavy atom. The van der Waals surface area contributed by atoms with Gasteiger partial charge in [0.15, 0.2) is 11.5 Å². The number of nitrogens with two attached hydrogens (primary N) is 1. The van der Waals surface area contributed by atoms with Gasteiger partial charge in [0.1, 0.15) is 0 Å². The van der Waals surface area contributed by atoms with E-state index in [4.69, 9.17) is 15.2 Å². The lowest BCUT2D eigenvalue weighted by Gasteiger charge is -2.23. The van der Waals surface area contributed by atoms with E-state index in [1.807, 2.05) is 18.7 Å². The predicted octanol–water partition coefficient (Wildman–Crippen LogP) is 2.72. The van der Waals surface area contributed by atoms with Crippen molar-refractivity contribution in [2.45, 2.75) is 27.2 Å². The van der Waals surface area contributed by atoms with Crippen LogP contribution < -0.4 is 15.2 Å². The van der Waals surface area contributed by atoms with Gasteiger partial charge >= 0.3 is 0 Å². The van der Waals surface area contributed by atoms with Crippen molar-refractivity contribution in [3.63, 3.8) is 0 Å². The molecule has 1 fully saturated rings. The summed E-state index contributed by atoms with van der Waals surface area (Å²) in [6, 6.07) is 5.38. The number of halogens is 1. The molecule has 23 heavy (non-hydrogen) atoms. The molecule has 1 aromatic rings. The molecule has 0 radical (unpaired) electrons. The van der Waals surface area contributed by atoms with E-state index in [0.29, 0.717) is 43.4 Å². The van der Waals surface area contributed by atoms with E-state index in [2.05, 4.69) is 6.92 Å². The topological polar surface area (TPSA) is 64.8 Å². The van der Waals surface area contributed by atoms with Gasteiger partial charge in [0.05, 0.1) is 13.2 Å². The number of amides is 1. The highest BCUT2D eigenvalue weighted by molar-refractivity contribution is 5.95. The minimum Gasteiger partial charge on any atom is -0.490 e. The first kappa shape index (κ1) is 19.6. The van der Waals surface area contributed by atoms with E-state index in [-0.39, 0.29) is 23.7 Å². The Kier molecular flexibility index (Phi) is 7.16. The first-order valence-corrected chi connectivity index (χ1v) is 7.92. The number of carbonyl (C=O) groups excluding carboxylic acids is 1. The van der Waals surface area contributed by atoms with Crippen LogP contribution in [0.15, 0.2) is 18.2 Å². The molecule has 1 amide bonds. The second-order valence-corrected chi connectivity index (χ2v) is 6.02. The van der Waals surface area contributed by atoms with Gasteiger partial charge in [-0.25, -0.2) is 0 Å². The lowest BCUT2D eigenvalue weighted by molar-refractivity contribution is 0.0776. The Hall–Kier alpha value is -1.46. The maximum Gasteiger partial charge on any atom is 0.254 e. The van der Waals surface area contributed by atoms with Gasteiger partial charge in [-0.3, -0.25) is 4.79 Å². The van der Waals surface area contributed by atoms with E-state index in [1.54, 1.807) is 18.2 Å². The number of hydrogen-bond acceptors (Lipinski definition) is 4. The minimum absolute atomic E-state index is 0. The Morgan fingerprint density at radius 2 is 1.91 bits per heavy atom. The zero-order valence-electron chi connectivity index (χ0n) is 14.1. The summed E-state index contributed by atoms with van der Waals surface area (Å²) in [5.41, 5.74) is 6.48. The standard InChI is InChI=1S/C17H26N2O3.ClH/c1-4-21-14-7-6-13(10-15(14)22-5-2)16(20)19-9-8-17(3,11-18)12-19;/h6-7,10H,4-5,8-9,11-12,18H2,1-3H3;1H. The lowest BCUT2D eigenvalue weighted by atomic mass is 9.90. The average molecular weight is 343 g/mol. The molecule has 1 aliphatic rings. The van der Waals surface area contributed by atoms with Gasteiger partial charge in [-0.2, -0.15) is 0 Å². The Bertz CT molecular complexity index is 539. The van der Waals surface area contributed by atoms with Gasteiger partial charge < -0.3 is 20.1 Å². The van der Waals surface area contributed by atoms with Gasteiger partial charge in [-0.15, -0.1) is 12.4 Å². The second-order valence-electron chi connectivity index (χ2n) is 6.02. The van der Waals surface area contributed by atoms with Crippen molar-refractivity contribution in [1.82, 2.24) is 4.90 Å². The average Bonchev–Trinajstić information content (AvgIpc) is 2.92. The molecular weight excluding hydrogens is 316 g/mol. The van der Waals surface area contributed by atoms with Gasteiger partial charge in [-0.05, 0) is 50.4 Å². The van der Waals surface area contributed by atoms with Gasteiger partial charge in [0.2, 0.25) is 0 Å². The molecule has 1 saturated heterocycles. The monoisotopic (exact) mass is 342 g/mol. The minimum atomic E-state index is 0. The summed E-state index contributed by atoms with van der Waals surface area (Å²) in [5, 5.41) is 0. The summed E-state index contributed by atoms with van der Waals surface area (Å²) in [7, 11) is 0. The van der Waals surface area contributed by atoms with E-state index < -0.39 is 0 Å². The summed E-state index contributed by atoms with van der Waals surface area (Å²) in [6.45, 7) is 9.13. The molecule has 0 saturated carbocycles. The molecule has 2 rings (SSSR count). The molecule has 2 N–H and O–H groups in total. The zero-order chi connectivity index (χ0) is 16.2. The van der Waals surface area contributed by atoms with E-state index >= 15 is 0 Å². The normalized spacial score (nSPS) is 20.1. The Morgan fingerprint density at radius 3 is 2.48 bits per heavy atom. The molecule has 1 atom stereocenters. The summed E-state index contributed by atoms with van der Waals surface area (Å²) >= 11 is 0. The molecule has 0 aliphatic carbocycles. The van der Waals surface area contributed by atoms with Crippen LogP contribution in [0, 0.1) is 5.41 Å². The van der Waals surface area contributed by atoms with Crippen molar-refractivity contribution in [2.75, 3.05) is 32.8 Å². The third kappa shape index (κ3) is 4.52. The van der Waals surface area contributed by atoms with Crippen LogP contribution in [-0.2, 0) is 0 Å². The third-order valence-electron chi connectivity index (χ3n) is 4.13. The number of carbonyl (C=O) groups is 1. The van der Waals surface area contributed by atoms with Crippen LogP contribution in [0.3, 0.4) is 0 Å². The Balaban J connectivity index is 0.00000264. The van der Waals surface area contributed by atoms with Crippen molar-refractivity contribution >= 4 is 18.3 Å². The van der Waals surface area contributed by atoms with Crippen LogP contribution in [0.4, 0.5) is 0 Å². The molecule has 6 heteroatoms. The maximum atomic E-state index is 12.7. The number of nitrogens with zero attached hydrogens (tertiary/aromatic N) is 1. The molecular formula is C17H27ClN2O3. The van der Waals surface area contributed by atoms with Crippen LogP contribution >= 0.6 is 12.4 Å². The summed E-state index contributed by atoms with van der Waals surface area (Å²) in [5.74, 6) is 1.33.